The molecule has 0 spiro atoms. The Bertz CT molecular complexity index is 1620. The lowest BCUT2D eigenvalue weighted by Gasteiger charge is -2.36. The van der Waals surface area contributed by atoms with E-state index in [1.165, 1.54) is 0 Å². The first-order valence-corrected chi connectivity index (χ1v) is 13.7. The molecule has 0 fully saturated rings. The lowest BCUT2D eigenvalue weighted by atomic mass is 9.69. The number of benzene rings is 2. The number of amides is 1. The fourth-order valence-electron chi connectivity index (χ4n) is 4.98. The SMILES string of the molecule is CC(C)(C)C1CC(=Cc2cccs2)c2nc3ccccc3c(C(=O)OCC(=O)Nc3cccc(C#N)c3)c2C1. The molecule has 196 valence electrons. The predicted octanol–water partition coefficient (Wildman–Crippen LogP) is 7.11. The number of esters is 1. The summed E-state index contributed by atoms with van der Waals surface area (Å²) in [5.74, 6) is -0.728. The second-order valence-corrected chi connectivity index (χ2v) is 11.8. The number of pyridine rings is 1. The third-order valence-electron chi connectivity index (χ3n) is 7.11. The van der Waals surface area contributed by atoms with Gasteiger partial charge in [-0.1, -0.05) is 51.1 Å². The van der Waals surface area contributed by atoms with E-state index in [-0.39, 0.29) is 5.41 Å². The third-order valence-corrected chi connectivity index (χ3v) is 7.93. The standard InChI is InChI=1S/C32H29N3O3S/c1-32(2,3)22-15-21(16-24-10-7-13-39-24)30-26(17-22)29(25-11-4-5-12-27(25)35-30)31(37)38-19-28(36)34-23-9-6-8-20(14-23)18-33/h4-14,16,22H,15,17,19H2,1-3H3,(H,34,36). The molecule has 1 aliphatic carbocycles. The Morgan fingerprint density at radius 2 is 1.95 bits per heavy atom. The van der Waals surface area contributed by atoms with E-state index in [0.29, 0.717) is 40.1 Å². The molecule has 2 aromatic heterocycles. The number of thiophene rings is 1. The van der Waals surface area contributed by atoms with Gasteiger partial charge in [-0.05, 0) is 77.1 Å². The highest BCUT2D eigenvalue weighted by molar-refractivity contribution is 7.10. The number of rotatable bonds is 5. The van der Waals surface area contributed by atoms with Crippen molar-refractivity contribution in [1.82, 2.24) is 4.98 Å². The molecule has 1 atom stereocenters. The lowest BCUT2D eigenvalue weighted by molar-refractivity contribution is -0.119. The Morgan fingerprint density at radius 1 is 1.13 bits per heavy atom. The summed E-state index contributed by atoms with van der Waals surface area (Å²) in [7, 11) is 0. The van der Waals surface area contributed by atoms with Crippen LogP contribution in [0.25, 0.3) is 22.6 Å². The van der Waals surface area contributed by atoms with Crippen LogP contribution in [0.2, 0.25) is 0 Å². The number of ether oxygens (including phenoxy) is 1. The third kappa shape index (κ3) is 5.76. The molecular weight excluding hydrogens is 506 g/mol. The number of nitrogens with one attached hydrogen (secondary N) is 1. The fourth-order valence-corrected chi connectivity index (χ4v) is 5.66. The average Bonchev–Trinajstić information content (AvgIpc) is 3.43. The predicted molar refractivity (Wildman–Crippen MR) is 155 cm³/mol. The molecule has 2 aromatic carbocycles. The molecule has 0 bridgehead atoms. The van der Waals surface area contributed by atoms with Gasteiger partial charge < -0.3 is 10.1 Å². The maximum atomic E-state index is 13.7. The number of para-hydroxylation sites is 1. The van der Waals surface area contributed by atoms with Crippen LogP contribution in [-0.4, -0.2) is 23.5 Å². The molecular formula is C32H29N3O3S. The van der Waals surface area contributed by atoms with Crippen molar-refractivity contribution in [3.63, 3.8) is 0 Å². The van der Waals surface area contributed by atoms with E-state index in [1.807, 2.05) is 36.4 Å². The van der Waals surface area contributed by atoms with Crippen molar-refractivity contribution in [1.29, 1.82) is 5.26 Å². The summed E-state index contributed by atoms with van der Waals surface area (Å²) < 4.78 is 5.59. The summed E-state index contributed by atoms with van der Waals surface area (Å²) >= 11 is 1.67. The number of carbonyl (C=O) groups is 2. The molecule has 39 heavy (non-hydrogen) atoms. The smallest absolute Gasteiger partial charge is 0.339 e. The van der Waals surface area contributed by atoms with Crippen LogP contribution in [0.1, 0.15) is 59.2 Å². The Morgan fingerprint density at radius 3 is 2.69 bits per heavy atom. The van der Waals surface area contributed by atoms with E-state index in [0.717, 1.165) is 28.1 Å². The minimum absolute atomic E-state index is 0.0108. The zero-order valence-corrected chi connectivity index (χ0v) is 23.0. The van der Waals surface area contributed by atoms with Gasteiger partial charge in [-0.2, -0.15) is 5.26 Å². The van der Waals surface area contributed by atoms with Gasteiger partial charge in [0.2, 0.25) is 0 Å². The zero-order chi connectivity index (χ0) is 27.6. The number of aromatic nitrogens is 1. The van der Waals surface area contributed by atoms with Gasteiger partial charge in [0.15, 0.2) is 6.61 Å². The van der Waals surface area contributed by atoms with Crippen LogP contribution < -0.4 is 5.32 Å². The molecule has 1 aliphatic rings. The van der Waals surface area contributed by atoms with Crippen LogP contribution in [0, 0.1) is 22.7 Å². The molecule has 1 unspecified atom stereocenters. The van der Waals surface area contributed by atoms with Gasteiger partial charge in [0.05, 0.1) is 28.4 Å². The molecule has 7 heteroatoms. The summed E-state index contributed by atoms with van der Waals surface area (Å²) in [6.45, 7) is 6.23. The van der Waals surface area contributed by atoms with Crippen LogP contribution in [0.4, 0.5) is 5.69 Å². The number of hydrogen-bond donors (Lipinski definition) is 1. The van der Waals surface area contributed by atoms with E-state index >= 15 is 0 Å². The molecule has 0 saturated carbocycles. The van der Waals surface area contributed by atoms with E-state index < -0.39 is 18.5 Å². The maximum absolute atomic E-state index is 13.7. The van der Waals surface area contributed by atoms with Crippen molar-refractivity contribution in [3.05, 3.63) is 93.3 Å². The summed E-state index contributed by atoms with van der Waals surface area (Å²) in [6, 6.07) is 20.3. The number of nitrogens with zero attached hydrogens (tertiary/aromatic N) is 2. The van der Waals surface area contributed by atoms with E-state index in [9.17, 15) is 9.59 Å². The monoisotopic (exact) mass is 535 g/mol. The van der Waals surface area contributed by atoms with Crippen molar-refractivity contribution in [2.75, 3.05) is 11.9 Å². The molecule has 4 aromatic rings. The Kier molecular flexibility index (Phi) is 7.32. The van der Waals surface area contributed by atoms with Crippen molar-refractivity contribution in [2.24, 2.45) is 11.3 Å². The van der Waals surface area contributed by atoms with Gasteiger partial charge in [0.25, 0.3) is 5.91 Å². The second-order valence-electron chi connectivity index (χ2n) is 10.8. The summed E-state index contributed by atoms with van der Waals surface area (Å²) in [6.07, 6.45) is 3.73. The quantitative estimate of drug-likeness (QED) is 0.275. The Balaban J connectivity index is 1.51. The van der Waals surface area contributed by atoms with Gasteiger partial charge in [-0.25, -0.2) is 9.78 Å². The molecule has 0 saturated heterocycles. The van der Waals surface area contributed by atoms with Crippen molar-refractivity contribution < 1.29 is 14.3 Å². The summed E-state index contributed by atoms with van der Waals surface area (Å²) in [4.78, 5) is 32.5. The molecule has 6 nitrogen and oxygen atoms in total. The van der Waals surface area contributed by atoms with Crippen LogP contribution in [0.3, 0.4) is 0 Å². The summed E-state index contributed by atoms with van der Waals surface area (Å²) in [5.41, 5.74) is 4.90. The fraction of sp³-hybridized carbons (Fsp3) is 0.250. The molecule has 5 rings (SSSR count). The Labute approximate surface area is 232 Å². The highest BCUT2D eigenvalue weighted by atomic mass is 32.1. The second kappa shape index (κ2) is 10.8. The topological polar surface area (TPSA) is 92.1 Å². The van der Waals surface area contributed by atoms with Gasteiger partial charge in [0, 0.05) is 16.0 Å². The van der Waals surface area contributed by atoms with E-state index in [4.69, 9.17) is 15.0 Å². The number of carbonyl (C=O) groups excluding carboxylic acids is 2. The number of nitriles is 1. The Hall–Kier alpha value is -4.28. The molecule has 0 radical (unpaired) electrons. The van der Waals surface area contributed by atoms with Gasteiger partial charge in [-0.15, -0.1) is 11.3 Å². The minimum Gasteiger partial charge on any atom is -0.452 e. The van der Waals surface area contributed by atoms with Gasteiger partial charge in [-0.3, -0.25) is 4.79 Å². The molecule has 1 N–H and O–H groups in total. The van der Waals surface area contributed by atoms with Crippen molar-refractivity contribution >= 4 is 51.5 Å². The normalized spacial score (nSPS) is 15.9. The minimum atomic E-state index is -0.546. The largest absolute Gasteiger partial charge is 0.452 e. The number of allylic oxidation sites excluding steroid dienone is 1. The summed E-state index contributed by atoms with van der Waals surface area (Å²) in [5, 5.41) is 14.6. The number of fused-ring (bicyclic) bond motifs is 2. The first kappa shape index (κ1) is 26.3. The van der Waals surface area contributed by atoms with Gasteiger partial charge >= 0.3 is 5.97 Å². The number of anilines is 1. The van der Waals surface area contributed by atoms with Crippen LogP contribution in [0.5, 0.6) is 0 Å². The van der Waals surface area contributed by atoms with E-state index in [2.05, 4.69) is 43.6 Å². The molecule has 2 heterocycles. The van der Waals surface area contributed by atoms with Crippen molar-refractivity contribution in [2.45, 2.75) is 33.6 Å². The molecule has 1 amide bonds. The highest BCUT2D eigenvalue weighted by Gasteiger charge is 2.35. The van der Waals surface area contributed by atoms with Gasteiger partial charge in [0.1, 0.15) is 0 Å². The van der Waals surface area contributed by atoms with Crippen LogP contribution in [-0.2, 0) is 16.0 Å². The highest BCUT2D eigenvalue weighted by Crippen LogP contribution is 2.45. The van der Waals surface area contributed by atoms with Crippen LogP contribution >= 0.6 is 11.3 Å². The maximum Gasteiger partial charge on any atom is 0.339 e. The van der Waals surface area contributed by atoms with E-state index in [1.54, 1.807) is 35.6 Å². The van der Waals surface area contributed by atoms with Crippen molar-refractivity contribution in [3.8, 4) is 6.07 Å². The molecule has 0 aliphatic heterocycles. The average molecular weight is 536 g/mol. The first-order chi connectivity index (χ1) is 18.7. The zero-order valence-electron chi connectivity index (χ0n) is 22.2. The first-order valence-electron chi connectivity index (χ1n) is 12.9. The lowest BCUT2D eigenvalue weighted by Crippen LogP contribution is -2.29. The number of hydrogen-bond acceptors (Lipinski definition) is 6. The van der Waals surface area contributed by atoms with Crippen LogP contribution in [0.15, 0.2) is 66.0 Å².